The van der Waals surface area contributed by atoms with Gasteiger partial charge in [0.25, 0.3) is 5.91 Å². The van der Waals surface area contributed by atoms with Gasteiger partial charge in [-0.2, -0.15) is 0 Å². The highest BCUT2D eigenvalue weighted by molar-refractivity contribution is 5.92. The molecule has 1 amide bonds. The molecule has 3 aliphatic rings. The molecule has 7 rings (SSSR count). The Kier molecular flexibility index (Phi) is 4.25. The highest BCUT2D eigenvalue weighted by Gasteiger charge is 2.51. The van der Waals surface area contributed by atoms with Gasteiger partial charge >= 0.3 is 0 Å². The van der Waals surface area contributed by atoms with E-state index >= 15 is 0 Å². The number of piperazine rings is 1. The van der Waals surface area contributed by atoms with Crippen LogP contribution in [-0.2, 0) is 4.79 Å². The fraction of sp³-hybridized carbons (Fsp3) is 0.276. The van der Waals surface area contributed by atoms with Gasteiger partial charge in [0.15, 0.2) is 0 Å². The van der Waals surface area contributed by atoms with Crippen molar-refractivity contribution < 1.29 is 9.53 Å². The average molecular weight is 435 g/mol. The zero-order chi connectivity index (χ0) is 21.9. The van der Waals surface area contributed by atoms with Crippen LogP contribution in [0.5, 0.6) is 5.75 Å². The molecule has 4 aromatic carbocycles. The first-order valence-corrected chi connectivity index (χ1v) is 12.0. The lowest BCUT2D eigenvalue weighted by Gasteiger charge is -2.53. The molecule has 2 aliphatic heterocycles. The van der Waals surface area contributed by atoms with Gasteiger partial charge in [-0.15, -0.1) is 0 Å². The standard InChI is InChI=1S/C29H26N2O2/c32-28-29-31(25-12-6-5-11-24(25)30-28)26(21-14-13-18-7-1-2-9-20(18)17-21)23-16-15-19-8-3-4-10-22(19)27(23)33-29/h1-4,7-10,13-17,24-26,29H,5-6,11-12H2,(H,30,32)/t24-,25-,26+,29+/m0/s1. The maximum absolute atomic E-state index is 13.3. The molecule has 2 fully saturated rings. The van der Waals surface area contributed by atoms with Crippen molar-refractivity contribution in [3.8, 4) is 5.75 Å². The van der Waals surface area contributed by atoms with Gasteiger partial charge in [0.1, 0.15) is 5.75 Å². The van der Waals surface area contributed by atoms with Gasteiger partial charge in [0, 0.05) is 23.0 Å². The van der Waals surface area contributed by atoms with E-state index in [0.29, 0.717) is 0 Å². The maximum atomic E-state index is 13.3. The van der Waals surface area contributed by atoms with Gasteiger partial charge in [-0.3, -0.25) is 4.79 Å². The molecule has 0 radical (unpaired) electrons. The highest BCUT2D eigenvalue weighted by Crippen LogP contribution is 2.48. The number of nitrogens with one attached hydrogen (secondary N) is 1. The normalized spacial score (nSPS) is 26.7. The number of carbonyl (C=O) groups excluding carboxylic acids is 1. The Balaban J connectivity index is 1.48. The molecule has 4 atom stereocenters. The van der Waals surface area contributed by atoms with Gasteiger partial charge < -0.3 is 10.1 Å². The van der Waals surface area contributed by atoms with E-state index in [2.05, 4.69) is 76.9 Å². The van der Waals surface area contributed by atoms with E-state index in [-0.39, 0.29) is 24.0 Å². The van der Waals surface area contributed by atoms with Crippen molar-refractivity contribution in [2.45, 2.75) is 50.0 Å². The fourth-order valence-corrected chi connectivity index (χ4v) is 6.25. The average Bonchev–Trinajstić information content (AvgIpc) is 2.87. The topological polar surface area (TPSA) is 41.6 Å². The second-order valence-corrected chi connectivity index (χ2v) is 9.60. The second kappa shape index (κ2) is 7.32. The van der Waals surface area contributed by atoms with E-state index in [4.69, 9.17) is 4.74 Å². The Morgan fingerprint density at radius 2 is 1.58 bits per heavy atom. The van der Waals surface area contributed by atoms with E-state index < -0.39 is 6.23 Å². The summed E-state index contributed by atoms with van der Waals surface area (Å²) in [4.78, 5) is 15.7. The lowest BCUT2D eigenvalue weighted by molar-refractivity contribution is -0.156. The number of nitrogens with zero attached hydrogens (tertiary/aromatic N) is 1. The van der Waals surface area contributed by atoms with Crippen LogP contribution in [0.15, 0.2) is 78.9 Å². The van der Waals surface area contributed by atoms with Crippen LogP contribution in [0.3, 0.4) is 0 Å². The number of hydrogen-bond donors (Lipinski definition) is 1. The number of benzene rings is 4. The monoisotopic (exact) mass is 434 g/mol. The number of rotatable bonds is 1. The first-order valence-electron chi connectivity index (χ1n) is 12.0. The summed E-state index contributed by atoms with van der Waals surface area (Å²) < 4.78 is 6.56. The Hall–Kier alpha value is -3.37. The molecule has 0 aromatic heterocycles. The van der Waals surface area contributed by atoms with Crippen molar-refractivity contribution in [3.63, 3.8) is 0 Å². The minimum atomic E-state index is -0.612. The lowest BCUT2D eigenvalue weighted by Crippen LogP contribution is -2.69. The Morgan fingerprint density at radius 1 is 0.818 bits per heavy atom. The first kappa shape index (κ1) is 19.1. The number of amides is 1. The van der Waals surface area contributed by atoms with Crippen LogP contribution in [0.2, 0.25) is 0 Å². The van der Waals surface area contributed by atoms with Crippen LogP contribution < -0.4 is 10.1 Å². The van der Waals surface area contributed by atoms with Crippen molar-refractivity contribution in [1.82, 2.24) is 10.2 Å². The Labute approximate surface area is 193 Å². The molecule has 33 heavy (non-hydrogen) atoms. The van der Waals surface area contributed by atoms with E-state index in [1.54, 1.807) is 0 Å². The summed E-state index contributed by atoms with van der Waals surface area (Å²) in [7, 11) is 0. The summed E-state index contributed by atoms with van der Waals surface area (Å²) in [6, 6.07) is 28.4. The second-order valence-electron chi connectivity index (χ2n) is 9.60. The fourth-order valence-electron chi connectivity index (χ4n) is 6.25. The Morgan fingerprint density at radius 3 is 2.48 bits per heavy atom. The molecule has 0 spiro atoms. The minimum absolute atomic E-state index is 0.0116. The van der Waals surface area contributed by atoms with Gasteiger partial charge in [-0.1, -0.05) is 85.6 Å². The summed E-state index contributed by atoms with van der Waals surface area (Å²) >= 11 is 0. The summed E-state index contributed by atoms with van der Waals surface area (Å²) in [6.45, 7) is 0. The zero-order valence-electron chi connectivity index (χ0n) is 18.4. The molecule has 0 unspecified atom stereocenters. The summed E-state index contributed by atoms with van der Waals surface area (Å²) in [5.41, 5.74) is 2.37. The van der Waals surface area contributed by atoms with E-state index in [1.807, 2.05) is 12.1 Å². The molecule has 4 heteroatoms. The van der Waals surface area contributed by atoms with E-state index in [1.165, 1.54) is 29.2 Å². The summed E-state index contributed by atoms with van der Waals surface area (Å²) in [5.74, 6) is 0.833. The third-order valence-corrected chi connectivity index (χ3v) is 7.76. The molecule has 2 heterocycles. The number of fused-ring (bicyclic) bond motifs is 7. The highest BCUT2D eigenvalue weighted by atomic mass is 16.5. The number of carbonyl (C=O) groups is 1. The quantitative estimate of drug-likeness (QED) is 0.427. The third-order valence-electron chi connectivity index (χ3n) is 7.76. The van der Waals surface area contributed by atoms with Gasteiger partial charge in [-0.25, -0.2) is 4.90 Å². The van der Waals surface area contributed by atoms with Crippen molar-refractivity contribution in [2.75, 3.05) is 0 Å². The largest absolute Gasteiger partial charge is 0.465 e. The van der Waals surface area contributed by atoms with Gasteiger partial charge in [-0.05, 0) is 40.6 Å². The number of ether oxygens (including phenoxy) is 1. The SMILES string of the molecule is O=C1N[C@H]2CCCC[C@@H]2N2[C@H](c3ccc4ccccc4c3)c3ccc4ccccc4c3O[C@H]12. The van der Waals surface area contributed by atoms with Crippen LogP contribution in [-0.4, -0.2) is 29.1 Å². The van der Waals surface area contributed by atoms with E-state index in [0.717, 1.165) is 34.9 Å². The first-order chi connectivity index (χ1) is 16.3. The molecule has 1 saturated heterocycles. The van der Waals surface area contributed by atoms with Crippen LogP contribution in [0.1, 0.15) is 42.9 Å². The molecular weight excluding hydrogens is 408 g/mol. The predicted octanol–water partition coefficient (Wildman–Crippen LogP) is 5.54. The molecule has 4 aromatic rings. The number of hydrogen-bond acceptors (Lipinski definition) is 3. The predicted molar refractivity (Wildman–Crippen MR) is 130 cm³/mol. The summed E-state index contributed by atoms with van der Waals surface area (Å²) in [5, 5.41) is 7.95. The minimum Gasteiger partial charge on any atom is -0.465 e. The summed E-state index contributed by atoms with van der Waals surface area (Å²) in [6.07, 6.45) is 3.86. The van der Waals surface area contributed by atoms with Crippen LogP contribution in [0.4, 0.5) is 0 Å². The van der Waals surface area contributed by atoms with Crippen LogP contribution >= 0.6 is 0 Å². The zero-order valence-corrected chi connectivity index (χ0v) is 18.4. The van der Waals surface area contributed by atoms with E-state index in [9.17, 15) is 4.79 Å². The maximum Gasteiger partial charge on any atom is 0.277 e. The van der Waals surface area contributed by atoms with Crippen LogP contribution in [0.25, 0.3) is 21.5 Å². The molecule has 0 bridgehead atoms. The Bertz CT molecular complexity index is 1400. The van der Waals surface area contributed by atoms with Gasteiger partial charge in [0.2, 0.25) is 6.23 Å². The molecule has 1 aliphatic carbocycles. The van der Waals surface area contributed by atoms with Crippen molar-refractivity contribution in [2.24, 2.45) is 0 Å². The molecule has 4 nitrogen and oxygen atoms in total. The lowest BCUT2D eigenvalue weighted by atomic mass is 9.82. The van der Waals surface area contributed by atoms with Crippen LogP contribution in [0, 0.1) is 0 Å². The molecule has 1 N–H and O–H groups in total. The third kappa shape index (κ3) is 2.90. The molecular formula is C29H26N2O2. The van der Waals surface area contributed by atoms with Gasteiger partial charge in [0.05, 0.1) is 6.04 Å². The van der Waals surface area contributed by atoms with Crippen molar-refractivity contribution >= 4 is 27.5 Å². The smallest absolute Gasteiger partial charge is 0.277 e. The van der Waals surface area contributed by atoms with Crippen molar-refractivity contribution in [3.05, 3.63) is 90.0 Å². The van der Waals surface area contributed by atoms with Crippen molar-refractivity contribution in [1.29, 1.82) is 0 Å². The molecule has 1 saturated carbocycles. The molecule has 164 valence electrons.